The second-order valence-corrected chi connectivity index (χ2v) is 7.22. The van der Waals surface area contributed by atoms with Gasteiger partial charge in [0.25, 0.3) is 5.22 Å². The van der Waals surface area contributed by atoms with Crippen LogP contribution in [-0.4, -0.2) is 46.8 Å². The van der Waals surface area contributed by atoms with Crippen molar-refractivity contribution in [3.8, 4) is 0 Å². The van der Waals surface area contributed by atoms with Gasteiger partial charge in [-0.2, -0.15) is 0 Å². The minimum Gasteiger partial charge on any atom is -0.465 e. The smallest absolute Gasteiger partial charge is 0.407 e. The van der Waals surface area contributed by atoms with Crippen molar-refractivity contribution in [3.63, 3.8) is 0 Å². The fourth-order valence-corrected chi connectivity index (χ4v) is 2.38. The number of nitrogens with zero attached hydrogens (tertiary/aromatic N) is 2. The summed E-state index contributed by atoms with van der Waals surface area (Å²) in [5.41, 5.74) is -0.481. The van der Waals surface area contributed by atoms with Gasteiger partial charge in [-0.15, -0.1) is 10.2 Å². The molecule has 1 amide bonds. The molecule has 0 fully saturated rings. The van der Waals surface area contributed by atoms with E-state index in [1.54, 1.807) is 6.92 Å². The number of nitrogens with one attached hydrogen (secondary N) is 1. The van der Waals surface area contributed by atoms with Crippen molar-refractivity contribution in [2.75, 3.05) is 18.9 Å². The summed E-state index contributed by atoms with van der Waals surface area (Å²) in [6, 6.07) is 0. The first-order chi connectivity index (χ1) is 11.8. The van der Waals surface area contributed by atoms with Crippen molar-refractivity contribution in [1.82, 2.24) is 15.5 Å². The van der Waals surface area contributed by atoms with E-state index in [4.69, 9.17) is 13.9 Å². The van der Waals surface area contributed by atoms with Crippen LogP contribution in [0.1, 0.15) is 52.8 Å². The van der Waals surface area contributed by atoms with Crippen LogP contribution in [0.4, 0.5) is 4.79 Å². The van der Waals surface area contributed by atoms with Gasteiger partial charge in [-0.05, 0) is 40.5 Å². The van der Waals surface area contributed by atoms with Crippen LogP contribution < -0.4 is 5.32 Å². The zero-order valence-electron chi connectivity index (χ0n) is 15.3. The van der Waals surface area contributed by atoms with Gasteiger partial charge in [0.15, 0.2) is 0 Å². The molecule has 9 heteroatoms. The van der Waals surface area contributed by atoms with Crippen molar-refractivity contribution in [1.29, 1.82) is 0 Å². The lowest BCUT2D eigenvalue weighted by Crippen LogP contribution is -2.32. The van der Waals surface area contributed by atoms with Crippen LogP contribution in [0, 0.1) is 0 Å². The minimum atomic E-state index is -0.481. The molecule has 1 aromatic heterocycles. The Morgan fingerprint density at radius 3 is 2.64 bits per heavy atom. The van der Waals surface area contributed by atoms with Crippen LogP contribution in [0.5, 0.6) is 0 Å². The molecular weight excluding hydrogens is 346 g/mol. The summed E-state index contributed by atoms with van der Waals surface area (Å²) < 4.78 is 15.4. The maximum atomic E-state index is 11.5. The maximum absolute atomic E-state index is 11.5. The van der Waals surface area contributed by atoms with Gasteiger partial charge in [-0.25, -0.2) is 4.79 Å². The summed E-state index contributed by atoms with van der Waals surface area (Å²) in [4.78, 5) is 22.7. The summed E-state index contributed by atoms with van der Waals surface area (Å²) >= 11 is 1.17. The largest absolute Gasteiger partial charge is 0.465 e. The maximum Gasteiger partial charge on any atom is 0.407 e. The lowest BCUT2D eigenvalue weighted by Gasteiger charge is -2.19. The Bertz CT molecular complexity index is 542. The van der Waals surface area contributed by atoms with Crippen LogP contribution in [0.3, 0.4) is 0 Å². The quantitative estimate of drug-likeness (QED) is 0.379. The molecule has 1 aromatic rings. The topological polar surface area (TPSA) is 104 Å². The van der Waals surface area contributed by atoms with Gasteiger partial charge in [-0.1, -0.05) is 18.2 Å². The molecule has 0 saturated carbocycles. The number of rotatable bonds is 10. The van der Waals surface area contributed by atoms with Crippen molar-refractivity contribution < 1.29 is 23.5 Å². The SMILES string of the molecule is CCOC(=O)CSc1nnc(CCCCCNC(=O)OC(C)(C)C)o1. The van der Waals surface area contributed by atoms with Gasteiger partial charge in [0.05, 0.1) is 6.61 Å². The van der Waals surface area contributed by atoms with E-state index in [9.17, 15) is 9.59 Å². The number of hydrogen-bond acceptors (Lipinski definition) is 8. The van der Waals surface area contributed by atoms with Crippen LogP contribution in [0.25, 0.3) is 0 Å². The average Bonchev–Trinajstić information content (AvgIpc) is 2.95. The molecule has 0 spiro atoms. The Morgan fingerprint density at radius 2 is 1.96 bits per heavy atom. The van der Waals surface area contributed by atoms with Crippen LogP contribution in [0.2, 0.25) is 0 Å². The molecule has 0 bridgehead atoms. The van der Waals surface area contributed by atoms with Crippen molar-refractivity contribution in [2.24, 2.45) is 0 Å². The van der Waals surface area contributed by atoms with Crippen LogP contribution in [0.15, 0.2) is 9.64 Å². The standard InChI is InChI=1S/C16H27N3O5S/c1-5-22-13(20)11-25-15-19-18-12(23-15)9-7-6-8-10-17-14(21)24-16(2,3)4/h5-11H2,1-4H3,(H,17,21). The van der Waals surface area contributed by atoms with E-state index in [0.29, 0.717) is 30.7 Å². The highest BCUT2D eigenvalue weighted by Gasteiger charge is 2.15. The zero-order valence-corrected chi connectivity index (χ0v) is 16.1. The molecule has 0 atom stereocenters. The van der Waals surface area contributed by atoms with E-state index in [2.05, 4.69) is 15.5 Å². The summed E-state index contributed by atoms with van der Waals surface area (Å²) in [6.07, 6.45) is 2.91. The first-order valence-electron chi connectivity index (χ1n) is 8.38. The number of ether oxygens (including phenoxy) is 2. The van der Waals surface area contributed by atoms with Gasteiger partial charge in [0.2, 0.25) is 5.89 Å². The molecule has 0 unspecified atom stereocenters. The molecule has 0 aliphatic rings. The number of aryl methyl sites for hydroxylation is 1. The lowest BCUT2D eigenvalue weighted by molar-refractivity contribution is -0.139. The summed E-state index contributed by atoms with van der Waals surface area (Å²) in [6.45, 7) is 8.18. The Kier molecular flexibility index (Phi) is 9.33. The van der Waals surface area contributed by atoms with Gasteiger partial charge in [0, 0.05) is 13.0 Å². The third-order valence-electron chi connectivity index (χ3n) is 2.80. The molecule has 0 aliphatic heterocycles. The lowest BCUT2D eigenvalue weighted by atomic mass is 10.2. The normalized spacial score (nSPS) is 11.2. The monoisotopic (exact) mass is 373 g/mol. The Morgan fingerprint density at radius 1 is 1.20 bits per heavy atom. The molecule has 142 valence electrons. The van der Waals surface area contributed by atoms with Crippen molar-refractivity contribution >= 4 is 23.8 Å². The molecule has 8 nitrogen and oxygen atoms in total. The fourth-order valence-electron chi connectivity index (χ4n) is 1.80. The Hall–Kier alpha value is -1.77. The number of carbonyl (C=O) groups excluding carboxylic acids is 2. The number of hydrogen-bond donors (Lipinski definition) is 1. The van der Waals surface area contributed by atoms with Crippen molar-refractivity contribution in [2.45, 2.75) is 64.2 Å². The Labute approximate surface area is 152 Å². The second kappa shape index (κ2) is 11.0. The predicted molar refractivity (Wildman–Crippen MR) is 93.4 cm³/mol. The number of aromatic nitrogens is 2. The van der Waals surface area contributed by atoms with Crippen LogP contribution >= 0.6 is 11.8 Å². The number of carbonyl (C=O) groups is 2. The molecule has 0 aliphatic carbocycles. The molecule has 0 radical (unpaired) electrons. The molecule has 1 N–H and O–H groups in total. The molecular formula is C16H27N3O5S. The number of alkyl carbamates (subject to hydrolysis) is 1. The van der Waals surface area contributed by atoms with E-state index in [1.165, 1.54) is 11.8 Å². The molecule has 0 saturated heterocycles. The summed E-state index contributed by atoms with van der Waals surface area (Å²) in [5.74, 6) is 0.405. The first kappa shape index (κ1) is 21.3. The highest BCUT2D eigenvalue weighted by atomic mass is 32.2. The molecule has 0 aromatic carbocycles. The Balaban J connectivity index is 2.11. The number of esters is 1. The molecule has 1 rings (SSSR count). The number of unbranched alkanes of at least 4 members (excludes halogenated alkanes) is 2. The predicted octanol–water partition coefficient (Wildman–Crippen LogP) is 2.96. The summed E-state index contributed by atoms with van der Waals surface area (Å²) in [7, 11) is 0. The van der Waals surface area contributed by atoms with E-state index in [-0.39, 0.29) is 11.7 Å². The van der Waals surface area contributed by atoms with Gasteiger partial charge in [0.1, 0.15) is 11.4 Å². The second-order valence-electron chi connectivity index (χ2n) is 6.29. The zero-order chi connectivity index (χ0) is 18.7. The third-order valence-corrected chi connectivity index (χ3v) is 3.59. The van der Waals surface area contributed by atoms with Gasteiger partial charge >= 0.3 is 12.1 Å². The minimum absolute atomic E-state index is 0.159. The molecule has 1 heterocycles. The highest BCUT2D eigenvalue weighted by molar-refractivity contribution is 7.99. The number of amides is 1. The van der Waals surface area contributed by atoms with Crippen LogP contribution in [-0.2, 0) is 20.7 Å². The summed E-state index contributed by atoms with van der Waals surface area (Å²) in [5, 5.41) is 10.9. The average molecular weight is 373 g/mol. The van der Waals surface area contributed by atoms with E-state index < -0.39 is 11.7 Å². The number of thioether (sulfide) groups is 1. The van der Waals surface area contributed by atoms with E-state index in [0.717, 1.165) is 19.3 Å². The first-order valence-corrected chi connectivity index (χ1v) is 9.36. The van der Waals surface area contributed by atoms with E-state index in [1.807, 2.05) is 20.8 Å². The fraction of sp³-hybridized carbons (Fsp3) is 0.750. The van der Waals surface area contributed by atoms with Crippen molar-refractivity contribution in [3.05, 3.63) is 5.89 Å². The highest BCUT2D eigenvalue weighted by Crippen LogP contribution is 2.17. The van der Waals surface area contributed by atoms with E-state index >= 15 is 0 Å². The van der Waals surface area contributed by atoms with Gasteiger partial charge < -0.3 is 19.2 Å². The molecule has 25 heavy (non-hydrogen) atoms. The third kappa shape index (κ3) is 10.6. The van der Waals surface area contributed by atoms with Gasteiger partial charge in [-0.3, -0.25) is 4.79 Å².